The summed E-state index contributed by atoms with van der Waals surface area (Å²) in [5.74, 6) is 1.73. The lowest BCUT2D eigenvalue weighted by atomic mass is 10.4. The predicted molar refractivity (Wildman–Crippen MR) is 56.0 cm³/mol. The van der Waals surface area contributed by atoms with Crippen LogP contribution in [-0.4, -0.2) is 14.6 Å². The minimum atomic E-state index is 0.537. The van der Waals surface area contributed by atoms with E-state index in [1.807, 2.05) is 11.8 Å². The fourth-order valence-corrected chi connectivity index (χ4v) is 2.14. The van der Waals surface area contributed by atoms with Gasteiger partial charge in [0, 0.05) is 5.25 Å². The van der Waals surface area contributed by atoms with Crippen LogP contribution < -0.4 is 0 Å². The van der Waals surface area contributed by atoms with E-state index in [-0.39, 0.29) is 0 Å². The molecule has 1 aromatic rings. The smallest absolute Gasteiger partial charge is 0.203 e. The molecule has 1 heterocycles. The van der Waals surface area contributed by atoms with Crippen molar-refractivity contribution in [2.75, 3.05) is 0 Å². The molecule has 0 N–H and O–H groups in total. The molecule has 2 nitrogen and oxygen atoms in total. The zero-order valence-corrected chi connectivity index (χ0v) is 9.47. The van der Waals surface area contributed by atoms with Gasteiger partial charge in [0.05, 0.1) is 5.75 Å². The third-order valence-corrected chi connectivity index (χ3v) is 3.68. The molecule has 0 fully saturated rings. The summed E-state index contributed by atoms with van der Waals surface area (Å²) in [7, 11) is 0. The topological polar surface area (TPSA) is 25.8 Å². The third kappa shape index (κ3) is 3.29. The summed E-state index contributed by atoms with van der Waals surface area (Å²) in [6.45, 7) is 4.39. The summed E-state index contributed by atoms with van der Waals surface area (Å²) in [6, 6.07) is 0. The molecular formula is C7H11ClN2S2. The summed E-state index contributed by atoms with van der Waals surface area (Å²) in [5, 5.41) is 0.673. The Balaban J connectivity index is 2.33. The van der Waals surface area contributed by atoms with Gasteiger partial charge in [-0.05, 0) is 29.6 Å². The van der Waals surface area contributed by atoms with Crippen LogP contribution in [0.2, 0.25) is 4.47 Å². The Bertz CT molecular complexity index is 239. The normalized spacial score (nSPS) is 13.2. The van der Waals surface area contributed by atoms with Crippen LogP contribution in [0, 0.1) is 0 Å². The Kier molecular flexibility index (Phi) is 4.32. The fourth-order valence-electron chi connectivity index (χ4n) is 0.626. The molecule has 1 unspecified atom stereocenters. The van der Waals surface area contributed by atoms with E-state index in [0.717, 1.165) is 11.6 Å². The summed E-state index contributed by atoms with van der Waals surface area (Å²) >= 11 is 8.77. The molecule has 0 bridgehead atoms. The van der Waals surface area contributed by atoms with Gasteiger partial charge in [-0.1, -0.05) is 13.8 Å². The van der Waals surface area contributed by atoms with Crippen molar-refractivity contribution in [3.8, 4) is 0 Å². The molecule has 5 heteroatoms. The molecule has 0 aliphatic carbocycles. The molecule has 0 radical (unpaired) electrons. The standard InChI is InChI=1S/C7H11ClN2S2/c1-3-5(2)11-4-6-9-7(8)12-10-6/h5H,3-4H2,1-2H3. The Morgan fingerprint density at radius 1 is 1.67 bits per heavy atom. The van der Waals surface area contributed by atoms with Gasteiger partial charge in [-0.15, -0.1) is 0 Å². The first-order chi connectivity index (χ1) is 5.72. The van der Waals surface area contributed by atoms with Gasteiger partial charge in [0.25, 0.3) is 0 Å². The van der Waals surface area contributed by atoms with Crippen molar-refractivity contribution >= 4 is 34.9 Å². The van der Waals surface area contributed by atoms with Crippen molar-refractivity contribution in [1.82, 2.24) is 9.36 Å². The molecule has 0 saturated carbocycles. The highest BCUT2D eigenvalue weighted by molar-refractivity contribution is 7.99. The lowest BCUT2D eigenvalue weighted by molar-refractivity contribution is 0.903. The second-order valence-corrected chi connectivity index (χ2v) is 5.25. The molecular weight excluding hydrogens is 212 g/mol. The van der Waals surface area contributed by atoms with Gasteiger partial charge in [0.1, 0.15) is 0 Å². The lowest BCUT2D eigenvalue weighted by Gasteiger charge is -2.04. The van der Waals surface area contributed by atoms with Gasteiger partial charge in [-0.3, -0.25) is 0 Å². The van der Waals surface area contributed by atoms with Crippen molar-refractivity contribution in [3.05, 3.63) is 10.3 Å². The van der Waals surface area contributed by atoms with E-state index in [2.05, 4.69) is 23.2 Å². The number of aromatic nitrogens is 2. The number of hydrogen-bond acceptors (Lipinski definition) is 4. The molecule has 0 aromatic carbocycles. The van der Waals surface area contributed by atoms with Gasteiger partial charge in [0.15, 0.2) is 5.82 Å². The molecule has 1 atom stereocenters. The zero-order chi connectivity index (χ0) is 8.97. The number of halogens is 1. The number of rotatable bonds is 4. The fraction of sp³-hybridized carbons (Fsp3) is 0.714. The second kappa shape index (κ2) is 5.04. The average molecular weight is 223 g/mol. The van der Waals surface area contributed by atoms with Crippen LogP contribution in [0.15, 0.2) is 0 Å². The van der Waals surface area contributed by atoms with Crippen LogP contribution in [0.1, 0.15) is 26.1 Å². The predicted octanol–water partition coefficient (Wildman–Crippen LogP) is 3.22. The second-order valence-electron chi connectivity index (χ2n) is 2.49. The largest absolute Gasteiger partial charge is 0.207 e. The van der Waals surface area contributed by atoms with Crippen LogP contribution in [0.5, 0.6) is 0 Å². The van der Waals surface area contributed by atoms with Crippen molar-refractivity contribution in [2.45, 2.75) is 31.3 Å². The number of thioether (sulfide) groups is 1. The van der Waals surface area contributed by atoms with Crippen molar-refractivity contribution in [1.29, 1.82) is 0 Å². The minimum absolute atomic E-state index is 0.537. The van der Waals surface area contributed by atoms with Crippen molar-refractivity contribution < 1.29 is 0 Å². The van der Waals surface area contributed by atoms with Gasteiger partial charge in [-0.25, -0.2) is 4.98 Å². The van der Waals surface area contributed by atoms with E-state index in [1.165, 1.54) is 18.0 Å². The Hall–Kier alpha value is 0.200. The maximum Gasteiger partial charge on any atom is 0.203 e. The first-order valence-corrected chi connectivity index (χ1v) is 6.02. The highest BCUT2D eigenvalue weighted by Gasteiger charge is 2.04. The van der Waals surface area contributed by atoms with E-state index in [0.29, 0.717) is 9.72 Å². The van der Waals surface area contributed by atoms with E-state index >= 15 is 0 Å². The van der Waals surface area contributed by atoms with Gasteiger partial charge >= 0.3 is 0 Å². The molecule has 12 heavy (non-hydrogen) atoms. The molecule has 0 amide bonds. The highest BCUT2D eigenvalue weighted by atomic mass is 35.5. The van der Waals surface area contributed by atoms with Crippen LogP contribution >= 0.6 is 34.9 Å². The van der Waals surface area contributed by atoms with E-state index in [1.54, 1.807) is 0 Å². The third-order valence-electron chi connectivity index (χ3n) is 1.52. The molecule has 1 rings (SSSR count). The zero-order valence-electron chi connectivity index (χ0n) is 7.08. The minimum Gasteiger partial charge on any atom is -0.207 e. The SMILES string of the molecule is CCC(C)SCc1nsc(Cl)n1. The first kappa shape index (κ1) is 10.3. The van der Waals surface area contributed by atoms with Gasteiger partial charge in [0.2, 0.25) is 4.47 Å². The Morgan fingerprint density at radius 3 is 2.92 bits per heavy atom. The van der Waals surface area contributed by atoms with E-state index in [4.69, 9.17) is 11.6 Å². The van der Waals surface area contributed by atoms with E-state index in [9.17, 15) is 0 Å². The van der Waals surface area contributed by atoms with Gasteiger partial charge in [-0.2, -0.15) is 16.1 Å². The highest BCUT2D eigenvalue weighted by Crippen LogP contribution is 2.20. The Morgan fingerprint density at radius 2 is 2.42 bits per heavy atom. The molecule has 0 spiro atoms. The maximum absolute atomic E-state index is 5.65. The van der Waals surface area contributed by atoms with Crippen LogP contribution in [-0.2, 0) is 5.75 Å². The summed E-state index contributed by atoms with van der Waals surface area (Å²) in [5.41, 5.74) is 0. The molecule has 0 saturated heterocycles. The average Bonchev–Trinajstić information content (AvgIpc) is 2.47. The molecule has 0 aliphatic rings. The number of nitrogens with zero attached hydrogens (tertiary/aromatic N) is 2. The van der Waals surface area contributed by atoms with Crippen molar-refractivity contribution in [3.63, 3.8) is 0 Å². The van der Waals surface area contributed by atoms with E-state index < -0.39 is 0 Å². The quantitative estimate of drug-likeness (QED) is 0.783. The van der Waals surface area contributed by atoms with Crippen LogP contribution in [0.3, 0.4) is 0 Å². The first-order valence-electron chi connectivity index (χ1n) is 3.82. The van der Waals surface area contributed by atoms with Crippen LogP contribution in [0.4, 0.5) is 0 Å². The monoisotopic (exact) mass is 222 g/mol. The maximum atomic E-state index is 5.65. The summed E-state index contributed by atoms with van der Waals surface area (Å²) in [4.78, 5) is 4.07. The van der Waals surface area contributed by atoms with Crippen LogP contribution in [0.25, 0.3) is 0 Å². The summed E-state index contributed by atoms with van der Waals surface area (Å²) in [6.07, 6.45) is 1.18. The van der Waals surface area contributed by atoms with Gasteiger partial charge < -0.3 is 0 Å². The summed E-state index contributed by atoms with van der Waals surface area (Å²) < 4.78 is 4.64. The number of hydrogen-bond donors (Lipinski definition) is 0. The lowest BCUT2D eigenvalue weighted by Crippen LogP contribution is -1.94. The molecule has 0 aliphatic heterocycles. The molecule has 68 valence electrons. The Labute approximate surface area is 85.9 Å². The van der Waals surface area contributed by atoms with Crippen molar-refractivity contribution in [2.24, 2.45) is 0 Å². The molecule has 1 aromatic heterocycles.